The lowest BCUT2D eigenvalue weighted by Gasteiger charge is -2.09. The van der Waals surface area contributed by atoms with E-state index in [9.17, 15) is 4.79 Å². The van der Waals surface area contributed by atoms with Crippen molar-refractivity contribution in [1.29, 1.82) is 0 Å². The van der Waals surface area contributed by atoms with Gasteiger partial charge in [0, 0.05) is 6.42 Å². The van der Waals surface area contributed by atoms with Gasteiger partial charge in [0.15, 0.2) is 0 Å². The number of hydrogen-bond acceptors (Lipinski definition) is 4. The molecule has 3 rings (SSSR count). The number of aromatic nitrogens is 2. The van der Waals surface area contributed by atoms with Crippen LogP contribution >= 0.6 is 15.9 Å². The summed E-state index contributed by atoms with van der Waals surface area (Å²) in [6.07, 6.45) is 2.19. The Kier molecular flexibility index (Phi) is 5.40. The summed E-state index contributed by atoms with van der Waals surface area (Å²) < 4.78 is 0.370. The third kappa shape index (κ3) is 4.42. The molecule has 0 aliphatic rings. The van der Waals surface area contributed by atoms with Crippen molar-refractivity contribution in [2.75, 3.05) is 5.43 Å². The van der Waals surface area contributed by atoms with Gasteiger partial charge >= 0.3 is 0 Å². The average Bonchev–Trinajstić information content (AvgIpc) is 2.63. The van der Waals surface area contributed by atoms with E-state index >= 15 is 0 Å². The van der Waals surface area contributed by atoms with Crippen LogP contribution in [0.2, 0.25) is 0 Å². The van der Waals surface area contributed by atoms with Gasteiger partial charge in [-0.25, -0.2) is 5.10 Å². The maximum atomic E-state index is 11.6. The number of nitrogens with zero attached hydrogens (tertiary/aromatic N) is 2. The Hall–Kier alpha value is -2.73. The second kappa shape index (κ2) is 7.90. The van der Waals surface area contributed by atoms with Crippen molar-refractivity contribution < 1.29 is 0 Å². The molecule has 0 unspecified atom stereocenters. The van der Waals surface area contributed by atoms with Crippen LogP contribution in [-0.2, 0) is 6.42 Å². The van der Waals surface area contributed by atoms with Gasteiger partial charge in [0.1, 0.15) is 4.47 Å². The van der Waals surface area contributed by atoms with E-state index < -0.39 is 0 Å². The first-order valence-corrected chi connectivity index (χ1v) is 8.59. The number of H-pyrrole nitrogens is 1. The zero-order chi connectivity index (χ0) is 17.6. The number of hydrazone groups is 1. The molecule has 0 fully saturated rings. The van der Waals surface area contributed by atoms with Crippen LogP contribution in [0.25, 0.3) is 0 Å². The summed E-state index contributed by atoms with van der Waals surface area (Å²) in [5.41, 5.74) is 7.40. The molecule has 0 saturated carbocycles. The number of aryl methyl sites for hydroxylation is 1. The molecule has 0 spiro atoms. The van der Waals surface area contributed by atoms with Crippen molar-refractivity contribution in [3.8, 4) is 0 Å². The van der Waals surface area contributed by atoms with E-state index in [1.807, 2.05) is 30.3 Å². The van der Waals surface area contributed by atoms with E-state index in [2.05, 4.69) is 67.8 Å². The quantitative estimate of drug-likeness (QED) is 0.507. The summed E-state index contributed by atoms with van der Waals surface area (Å²) >= 11 is 3.25. The summed E-state index contributed by atoms with van der Waals surface area (Å²) in [5.74, 6) is 0. The lowest BCUT2D eigenvalue weighted by molar-refractivity contribution is 0.976. The Morgan fingerprint density at radius 3 is 2.60 bits per heavy atom. The van der Waals surface area contributed by atoms with E-state index in [-0.39, 0.29) is 5.56 Å². The van der Waals surface area contributed by atoms with E-state index in [4.69, 9.17) is 0 Å². The molecule has 0 bridgehead atoms. The number of benzene rings is 2. The van der Waals surface area contributed by atoms with E-state index in [1.165, 1.54) is 11.8 Å². The minimum Gasteiger partial charge on any atom is -0.275 e. The Morgan fingerprint density at radius 1 is 1.16 bits per heavy atom. The molecule has 3 aromatic rings. The summed E-state index contributed by atoms with van der Waals surface area (Å²) in [6, 6.07) is 18.3. The Labute approximate surface area is 153 Å². The summed E-state index contributed by atoms with van der Waals surface area (Å²) in [4.78, 5) is 11.6. The average molecular weight is 397 g/mol. The molecule has 0 atom stereocenters. The van der Waals surface area contributed by atoms with Crippen molar-refractivity contribution >= 4 is 27.3 Å². The first-order chi connectivity index (χ1) is 12.1. The molecule has 5 nitrogen and oxygen atoms in total. The molecule has 6 heteroatoms. The Morgan fingerprint density at radius 2 is 1.88 bits per heavy atom. The van der Waals surface area contributed by atoms with Gasteiger partial charge in [0.05, 0.1) is 17.6 Å². The number of anilines is 1. The van der Waals surface area contributed by atoms with Gasteiger partial charge in [0.2, 0.25) is 0 Å². The van der Waals surface area contributed by atoms with E-state index in [0.29, 0.717) is 16.6 Å². The standard InChI is InChI=1S/C19H17BrN4O/c1-13-7-9-15(10-8-13)16(11-14-5-3-2-4-6-14)22-23-17-12-21-24-19(25)18(17)20/h2-10,12H,11H2,1H3,(H2,23,24,25)/b22-16-. The SMILES string of the molecule is Cc1ccc(/C(Cc2ccccc2)=N\Nc2cn[nH]c(=O)c2Br)cc1. The monoisotopic (exact) mass is 396 g/mol. The smallest absolute Gasteiger partial charge is 0.275 e. The molecule has 1 aromatic heterocycles. The van der Waals surface area contributed by atoms with Gasteiger partial charge in [0.25, 0.3) is 5.56 Å². The van der Waals surface area contributed by atoms with E-state index in [1.54, 1.807) is 0 Å². The number of hydrogen-bond donors (Lipinski definition) is 2. The fourth-order valence-electron chi connectivity index (χ4n) is 2.33. The van der Waals surface area contributed by atoms with Crippen molar-refractivity contribution in [2.24, 2.45) is 5.10 Å². The lowest BCUT2D eigenvalue weighted by Crippen LogP contribution is -2.12. The zero-order valence-electron chi connectivity index (χ0n) is 13.7. The fourth-order valence-corrected chi connectivity index (χ4v) is 2.61. The highest BCUT2D eigenvalue weighted by atomic mass is 79.9. The van der Waals surface area contributed by atoms with Crippen LogP contribution in [0.4, 0.5) is 5.69 Å². The largest absolute Gasteiger partial charge is 0.280 e. The van der Waals surface area contributed by atoms with Crippen molar-refractivity contribution in [3.05, 3.63) is 92.3 Å². The first kappa shape index (κ1) is 17.1. The molecule has 126 valence electrons. The third-order valence-corrected chi connectivity index (χ3v) is 4.49. The third-order valence-electron chi connectivity index (χ3n) is 3.71. The number of nitrogens with one attached hydrogen (secondary N) is 2. The molecule has 0 aliphatic carbocycles. The van der Waals surface area contributed by atoms with Crippen molar-refractivity contribution in [3.63, 3.8) is 0 Å². The number of halogens is 1. The predicted octanol–water partition coefficient (Wildman–Crippen LogP) is 3.90. The number of aromatic amines is 1. The minimum atomic E-state index is -0.305. The van der Waals surface area contributed by atoms with Gasteiger partial charge in [-0.15, -0.1) is 0 Å². The minimum absolute atomic E-state index is 0.305. The highest BCUT2D eigenvalue weighted by Crippen LogP contribution is 2.16. The molecule has 0 amide bonds. The second-order valence-electron chi connectivity index (χ2n) is 5.63. The molecule has 25 heavy (non-hydrogen) atoms. The lowest BCUT2D eigenvalue weighted by atomic mass is 10.0. The van der Waals surface area contributed by atoms with Crippen LogP contribution in [-0.4, -0.2) is 15.9 Å². The van der Waals surface area contributed by atoms with Crippen molar-refractivity contribution in [1.82, 2.24) is 10.2 Å². The molecule has 2 N–H and O–H groups in total. The van der Waals surface area contributed by atoms with Gasteiger partial charge in [-0.05, 0) is 34.0 Å². The fraction of sp³-hybridized carbons (Fsp3) is 0.105. The van der Waals surface area contributed by atoms with Crippen molar-refractivity contribution in [2.45, 2.75) is 13.3 Å². The zero-order valence-corrected chi connectivity index (χ0v) is 15.2. The van der Waals surface area contributed by atoms with E-state index in [0.717, 1.165) is 16.8 Å². The predicted molar refractivity (Wildman–Crippen MR) is 104 cm³/mol. The molecular formula is C19H17BrN4O. The summed E-state index contributed by atoms with van der Waals surface area (Å²) in [6.45, 7) is 2.05. The van der Waals surface area contributed by atoms with Crippen LogP contribution in [0.3, 0.4) is 0 Å². The van der Waals surface area contributed by atoms with Crippen LogP contribution < -0.4 is 11.0 Å². The normalized spacial score (nSPS) is 11.4. The first-order valence-electron chi connectivity index (χ1n) is 7.80. The highest BCUT2D eigenvalue weighted by molar-refractivity contribution is 9.10. The molecule has 0 radical (unpaired) electrons. The molecule has 2 aromatic carbocycles. The topological polar surface area (TPSA) is 70.1 Å². The Balaban J connectivity index is 1.93. The van der Waals surface area contributed by atoms with Crippen LogP contribution in [0, 0.1) is 6.92 Å². The van der Waals surface area contributed by atoms with Gasteiger partial charge in [-0.1, -0.05) is 60.2 Å². The highest BCUT2D eigenvalue weighted by Gasteiger charge is 2.08. The molecule has 0 aliphatic heterocycles. The number of rotatable bonds is 5. The second-order valence-corrected chi connectivity index (χ2v) is 6.42. The van der Waals surface area contributed by atoms with Gasteiger partial charge in [-0.2, -0.15) is 10.2 Å². The summed E-state index contributed by atoms with van der Waals surface area (Å²) in [5, 5.41) is 10.7. The molecule has 0 saturated heterocycles. The van der Waals surface area contributed by atoms with Gasteiger partial charge in [-0.3, -0.25) is 10.2 Å². The van der Waals surface area contributed by atoms with Crippen LogP contribution in [0.1, 0.15) is 16.7 Å². The molecule has 1 heterocycles. The summed E-state index contributed by atoms with van der Waals surface area (Å²) in [7, 11) is 0. The maximum absolute atomic E-state index is 11.6. The Bertz CT molecular complexity index is 934. The molecular weight excluding hydrogens is 380 g/mol. The van der Waals surface area contributed by atoms with Crippen LogP contribution in [0.5, 0.6) is 0 Å². The van der Waals surface area contributed by atoms with Gasteiger partial charge < -0.3 is 0 Å². The maximum Gasteiger partial charge on any atom is 0.280 e. The van der Waals surface area contributed by atoms with Crippen LogP contribution in [0.15, 0.2) is 75.2 Å².